The summed E-state index contributed by atoms with van der Waals surface area (Å²) in [5.41, 5.74) is 2.51. The van der Waals surface area contributed by atoms with Crippen molar-refractivity contribution in [3.8, 4) is 11.5 Å². The zero-order valence-electron chi connectivity index (χ0n) is 13.5. The average Bonchev–Trinajstić information content (AvgIpc) is 2.46. The minimum atomic E-state index is -0.402. The lowest BCUT2D eigenvalue weighted by atomic mass is 9.87. The molecule has 0 unspecified atom stereocenters. The highest BCUT2D eigenvalue weighted by molar-refractivity contribution is 5.92. The smallest absolute Gasteiger partial charge is 0.343 e. The number of hydrogen-bond acceptors (Lipinski definition) is 3. The van der Waals surface area contributed by atoms with Gasteiger partial charge in [-0.3, -0.25) is 0 Å². The molecule has 22 heavy (non-hydrogen) atoms. The zero-order valence-corrected chi connectivity index (χ0v) is 13.5. The van der Waals surface area contributed by atoms with Crippen molar-refractivity contribution in [3.05, 3.63) is 59.2 Å². The summed E-state index contributed by atoms with van der Waals surface area (Å²) in [6.45, 7) is 8.34. The molecule has 0 aliphatic heterocycles. The summed E-state index contributed by atoms with van der Waals surface area (Å²) in [5, 5.41) is 9.49. The highest BCUT2D eigenvalue weighted by atomic mass is 16.5. The SMILES string of the molecule is CCc1cc(O)ccc1C(=O)Oc1ccc(C(C)(C)C)cc1. The average molecular weight is 298 g/mol. The number of benzene rings is 2. The van der Waals surface area contributed by atoms with Gasteiger partial charge in [0.25, 0.3) is 0 Å². The third-order valence-electron chi connectivity index (χ3n) is 3.62. The quantitative estimate of drug-likeness (QED) is 0.671. The van der Waals surface area contributed by atoms with E-state index in [2.05, 4.69) is 20.8 Å². The van der Waals surface area contributed by atoms with Gasteiger partial charge in [-0.1, -0.05) is 39.8 Å². The Kier molecular flexibility index (Phi) is 4.55. The van der Waals surface area contributed by atoms with E-state index in [1.165, 1.54) is 11.6 Å². The fraction of sp³-hybridized carbons (Fsp3) is 0.316. The van der Waals surface area contributed by atoms with Crippen LogP contribution >= 0.6 is 0 Å². The van der Waals surface area contributed by atoms with E-state index in [1.807, 2.05) is 31.2 Å². The van der Waals surface area contributed by atoms with E-state index in [0.717, 1.165) is 5.56 Å². The van der Waals surface area contributed by atoms with Crippen molar-refractivity contribution < 1.29 is 14.6 Å². The van der Waals surface area contributed by atoms with Crippen LogP contribution < -0.4 is 4.74 Å². The van der Waals surface area contributed by atoms with Crippen molar-refractivity contribution in [2.45, 2.75) is 39.5 Å². The Morgan fingerprint density at radius 2 is 1.73 bits per heavy atom. The molecule has 0 bridgehead atoms. The van der Waals surface area contributed by atoms with Crippen LogP contribution in [0.4, 0.5) is 0 Å². The maximum atomic E-state index is 12.3. The van der Waals surface area contributed by atoms with Crippen LogP contribution in [0.15, 0.2) is 42.5 Å². The van der Waals surface area contributed by atoms with E-state index >= 15 is 0 Å². The predicted octanol–water partition coefficient (Wildman–Crippen LogP) is 4.47. The highest BCUT2D eigenvalue weighted by Crippen LogP contribution is 2.25. The molecule has 0 fully saturated rings. The first-order valence-electron chi connectivity index (χ1n) is 7.46. The summed E-state index contributed by atoms with van der Waals surface area (Å²) >= 11 is 0. The molecule has 0 aliphatic carbocycles. The third kappa shape index (κ3) is 3.67. The molecule has 116 valence electrons. The first kappa shape index (κ1) is 16.1. The number of phenols is 1. The molecule has 0 aliphatic rings. The number of carbonyl (C=O) groups excluding carboxylic acids is 1. The summed E-state index contributed by atoms with van der Waals surface area (Å²) in [4.78, 5) is 12.3. The Morgan fingerprint density at radius 3 is 2.27 bits per heavy atom. The van der Waals surface area contributed by atoms with Crippen molar-refractivity contribution in [3.63, 3.8) is 0 Å². The van der Waals surface area contributed by atoms with E-state index in [0.29, 0.717) is 17.7 Å². The minimum Gasteiger partial charge on any atom is -0.508 e. The van der Waals surface area contributed by atoms with Crippen LogP contribution in [0.25, 0.3) is 0 Å². The van der Waals surface area contributed by atoms with Crippen LogP contribution in [0.1, 0.15) is 49.2 Å². The number of ether oxygens (including phenoxy) is 1. The van der Waals surface area contributed by atoms with Gasteiger partial charge in [0.1, 0.15) is 11.5 Å². The van der Waals surface area contributed by atoms with Crippen molar-refractivity contribution in [1.29, 1.82) is 0 Å². The fourth-order valence-corrected chi connectivity index (χ4v) is 2.26. The summed E-state index contributed by atoms with van der Waals surface area (Å²) in [6, 6.07) is 12.3. The Hall–Kier alpha value is -2.29. The maximum Gasteiger partial charge on any atom is 0.343 e. The summed E-state index contributed by atoms with van der Waals surface area (Å²) in [6.07, 6.45) is 0.655. The van der Waals surface area contributed by atoms with Gasteiger partial charge < -0.3 is 9.84 Å². The van der Waals surface area contributed by atoms with Crippen LogP contribution in [0.3, 0.4) is 0 Å². The molecule has 0 radical (unpaired) electrons. The molecule has 2 aromatic carbocycles. The van der Waals surface area contributed by atoms with Gasteiger partial charge in [-0.25, -0.2) is 4.79 Å². The number of rotatable bonds is 3. The van der Waals surface area contributed by atoms with Crippen molar-refractivity contribution in [2.75, 3.05) is 0 Å². The largest absolute Gasteiger partial charge is 0.508 e. The molecule has 0 aromatic heterocycles. The number of phenolic OH excluding ortho intramolecular Hbond substituents is 1. The molecular weight excluding hydrogens is 276 g/mol. The molecule has 3 heteroatoms. The number of esters is 1. The lowest BCUT2D eigenvalue weighted by molar-refractivity contribution is 0.0733. The van der Waals surface area contributed by atoms with Crippen LogP contribution in [0.2, 0.25) is 0 Å². The Balaban J connectivity index is 2.19. The van der Waals surface area contributed by atoms with Gasteiger partial charge >= 0.3 is 5.97 Å². The fourth-order valence-electron chi connectivity index (χ4n) is 2.26. The van der Waals surface area contributed by atoms with Gasteiger partial charge in [0.2, 0.25) is 0 Å². The Bertz CT molecular complexity index is 664. The Labute approximate surface area is 131 Å². The van der Waals surface area contributed by atoms with Gasteiger partial charge in [0.05, 0.1) is 5.56 Å². The van der Waals surface area contributed by atoms with Crippen LogP contribution in [-0.2, 0) is 11.8 Å². The minimum absolute atomic E-state index is 0.0644. The molecule has 0 amide bonds. The van der Waals surface area contributed by atoms with Crippen LogP contribution in [-0.4, -0.2) is 11.1 Å². The number of hydrogen-bond donors (Lipinski definition) is 1. The molecule has 0 saturated carbocycles. The van der Waals surface area contributed by atoms with Gasteiger partial charge in [-0.2, -0.15) is 0 Å². The molecule has 0 saturated heterocycles. The number of aryl methyl sites for hydroxylation is 1. The van der Waals surface area contributed by atoms with Crippen LogP contribution in [0.5, 0.6) is 11.5 Å². The van der Waals surface area contributed by atoms with Crippen molar-refractivity contribution >= 4 is 5.97 Å². The second-order valence-corrected chi connectivity index (χ2v) is 6.36. The van der Waals surface area contributed by atoms with Gasteiger partial charge in [-0.05, 0) is 53.3 Å². The zero-order chi connectivity index (χ0) is 16.3. The van der Waals surface area contributed by atoms with Gasteiger partial charge in [0, 0.05) is 0 Å². The monoisotopic (exact) mass is 298 g/mol. The predicted molar refractivity (Wildman–Crippen MR) is 87.6 cm³/mol. The van der Waals surface area contributed by atoms with Crippen molar-refractivity contribution in [1.82, 2.24) is 0 Å². The van der Waals surface area contributed by atoms with E-state index in [4.69, 9.17) is 4.74 Å². The first-order chi connectivity index (χ1) is 10.3. The molecule has 0 atom stereocenters. The molecule has 3 nitrogen and oxygen atoms in total. The molecule has 0 spiro atoms. The number of aromatic hydroxyl groups is 1. The highest BCUT2D eigenvalue weighted by Gasteiger charge is 2.16. The van der Waals surface area contributed by atoms with E-state index in [1.54, 1.807) is 12.1 Å². The normalized spacial score (nSPS) is 11.3. The Morgan fingerprint density at radius 1 is 1.09 bits per heavy atom. The summed E-state index contributed by atoms with van der Waals surface area (Å²) in [7, 11) is 0. The van der Waals surface area contributed by atoms with Gasteiger partial charge in [0.15, 0.2) is 0 Å². The first-order valence-corrected chi connectivity index (χ1v) is 7.46. The second-order valence-electron chi connectivity index (χ2n) is 6.36. The lowest BCUT2D eigenvalue weighted by Gasteiger charge is -2.19. The second kappa shape index (κ2) is 6.22. The summed E-state index contributed by atoms with van der Waals surface area (Å²) < 4.78 is 5.43. The molecule has 2 aromatic rings. The van der Waals surface area contributed by atoms with E-state index in [9.17, 15) is 9.90 Å². The van der Waals surface area contributed by atoms with Crippen molar-refractivity contribution in [2.24, 2.45) is 0 Å². The topological polar surface area (TPSA) is 46.5 Å². The number of carbonyl (C=O) groups is 1. The van der Waals surface area contributed by atoms with E-state index in [-0.39, 0.29) is 11.2 Å². The molecule has 1 N–H and O–H groups in total. The lowest BCUT2D eigenvalue weighted by Crippen LogP contribution is -2.12. The molecular formula is C19H22O3. The van der Waals surface area contributed by atoms with Crippen LogP contribution in [0, 0.1) is 0 Å². The maximum absolute atomic E-state index is 12.3. The van der Waals surface area contributed by atoms with Gasteiger partial charge in [-0.15, -0.1) is 0 Å². The standard InChI is InChI=1S/C19H22O3/c1-5-13-12-15(20)8-11-17(13)18(21)22-16-9-6-14(7-10-16)19(2,3)4/h6-12,20H,5H2,1-4H3. The molecule has 0 heterocycles. The third-order valence-corrected chi connectivity index (χ3v) is 3.62. The molecule has 2 rings (SSSR count). The summed E-state index contributed by atoms with van der Waals surface area (Å²) in [5.74, 6) is 0.274. The van der Waals surface area contributed by atoms with E-state index < -0.39 is 5.97 Å².